The molecule has 3 nitrogen and oxygen atoms in total. The Balaban J connectivity index is 2.21. The summed E-state index contributed by atoms with van der Waals surface area (Å²) in [6.07, 6.45) is 1.39. The highest BCUT2D eigenvalue weighted by Crippen LogP contribution is 2.31. The molecule has 4 heteroatoms. The van der Waals surface area contributed by atoms with Crippen LogP contribution >= 0.6 is 11.6 Å². The summed E-state index contributed by atoms with van der Waals surface area (Å²) in [6, 6.07) is 15.5. The normalized spacial score (nSPS) is 14.2. The topological polar surface area (TPSA) is 51.2 Å². The van der Waals surface area contributed by atoms with Crippen LogP contribution in [-0.2, 0) is 0 Å². The summed E-state index contributed by atoms with van der Waals surface area (Å²) in [7, 11) is 0. The number of aliphatic hydroxyl groups excluding tert-OH is 1. The molecule has 0 aliphatic heterocycles. The first-order valence-electron chi connectivity index (χ1n) is 7.31. The van der Waals surface area contributed by atoms with E-state index < -0.39 is 6.10 Å². The molecular formula is C18H19ClN2O. The van der Waals surface area contributed by atoms with Crippen LogP contribution in [0.15, 0.2) is 54.7 Å². The number of nitrogens with zero attached hydrogens (tertiary/aromatic N) is 1. The molecule has 0 unspecified atom stereocenters. The molecular weight excluding hydrogens is 296 g/mol. The van der Waals surface area contributed by atoms with Gasteiger partial charge in [0, 0.05) is 28.7 Å². The molecule has 2 aromatic carbocycles. The van der Waals surface area contributed by atoms with E-state index in [1.54, 1.807) is 0 Å². The number of aliphatic hydroxyl groups is 1. The van der Waals surface area contributed by atoms with Crippen molar-refractivity contribution in [1.29, 1.82) is 0 Å². The largest absolute Gasteiger partial charge is 0.389 e. The second-order valence-corrected chi connectivity index (χ2v) is 5.98. The van der Waals surface area contributed by atoms with Crippen molar-refractivity contribution in [1.82, 2.24) is 4.57 Å². The fourth-order valence-electron chi connectivity index (χ4n) is 2.97. The van der Waals surface area contributed by atoms with Crippen LogP contribution in [0.1, 0.15) is 17.2 Å². The number of nitrogens with two attached hydrogens (primary N) is 1. The van der Waals surface area contributed by atoms with Gasteiger partial charge in [-0.3, -0.25) is 0 Å². The molecule has 114 valence electrons. The molecule has 0 saturated heterocycles. The van der Waals surface area contributed by atoms with E-state index in [0.29, 0.717) is 5.02 Å². The highest BCUT2D eigenvalue weighted by atomic mass is 35.5. The maximum atomic E-state index is 10.5. The van der Waals surface area contributed by atoms with E-state index in [2.05, 4.69) is 10.8 Å². The Morgan fingerprint density at radius 2 is 1.91 bits per heavy atom. The Morgan fingerprint density at radius 3 is 2.59 bits per heavy atom. The van der Waals surface area contributed by atoms with Crippen molar-refractivity contribution in [2.24, 2.45) is 5.73 Å². The highest BCUT2D eigenvalue weighted by Gasteiger charge is 2.23. The molecule has 1 aromatic heterocycles. The third kappa shape index (κ3) is 2.63. The minimum atomic E-state index is -0.659. The lowest BCUT2D eigenvalue weighted by Gasteiger charge is -2.25. The molecule has 0 radical (unpaired) electrons. The number of benzene rings is 2. The van der Waals surface area contributed by atoms with Crippen LogP contribution in [-0.4, -0.2) is 22.3 Å². The zero-order valence-corrected chi connectivity index (χ0v) is 13.2. The molecule has 0 aliphatic rings. The molecule has 0 bridgehead atoms. The molecule has 3 rings (SSSR count). The predicted octanol–water partition coefficient (Wildman–Crippen LogP) is 3.51. The van der Waals surface area contributed by atoms with Gasteiger partial charge in [-0.05, 0) is 36.2 Å². The van der Waals surface area contributed by atoms with Crippen molar-refractivity contribution < 1.29 is 5.11 Å². The maximum absolute atomic E-state index is 10.5. The standard InChI is InChI=1S/C18H19ClN2O/c1-12-11-21(16-8-7-14(19)9-15(12)16)18(17(22)10-20)13-5-3-2-4-6-13/h2-9,11,17-18,22H,10,20H2,1H3/t17-,18+/m1/s1. The molecule has 0 amide bonds. The van der Waals surface area contributed by atoms with Crippen molar-refractivity contribution in [3.63, 3.8) is 0 Å². The summed E-state index contributed by atoms with van der Waals surface area (Å²) >= 11 is 6.11. The Morgan fingerprint density at radius 1 is 1.18 bits per heavy atom. The smallest absolute Gasteiger partial charge is 0.0910 e. The van der Waals surface area contributed by atoms with Crippen molar-refractivity contribution in [3.8, 4) is 0 Å². The molecule has 0 fully saturated rings. The fourth-order valence-corrected chi connectivity index (χ4v) is 3.15. The van der Waals surface area contributed by atoms with Gasteiger partial charge in [-0.15, -0.1) is 0 Å². The van der Waals surface area contributed by atoms with Crippen molar-refractivity contribution in [2.75, 3.05) is 6.54 Å². The van der Waals surface area contributed by atoms with Crippen molar-refractivity contribution >= 4 is 22.5 Å². The SMILES string of the molecule is Cc1cn([C@@H](c2ccccc2)[C@H](O)CN)c2ccc(Cl)cc12. The number of hydrogen-bond acceptors (Lipinski definition) is 2. The molecule has 3 aromatic rings. The van der Waals surface area contributed by atoms with Crippen LogP contribution in [0.5, 0.6) is 0 Å². The molecule has 0 aliphatic carbocycles. The molecule has 22 heavy (non-hydrogen) atoms. The molecule has 2 atom stereocenters. The van der Waals surface area contributed by atoms with Gasteiger partial charge < -0.3 is 15.4 Å². The monoisotopic (exact) mass is 314 g/mol. The lowest BCUT2D eigenvalue weighted by atomic mass is 10.0. The number of hydrogen-bond donors (Lipinski definition) is 2. The first-order valence-corrected chi connectivity index (χ1v) is 7.69. The summed E-state index contributed by atoms with van der Waals surface area (Å²) in [5.74, 6) is 0. The minimum absolute atomic E-state index is 0.200. The maximum Gasteiger partial charge on any atom is 0.0910 e. The summed E-state index contributed by atoms with van der Waals surface area (Å²) in [5.41, 5.74) is 8.94. The summed E-state index contributed by atoms with van der Waals surface area (Å²) in [6.45, 7) is 2.25. The number of fused-ring (bicyclic) bond motifs is 1. The average Bonchev–Trinajstić information content (AvgIpc) is 2.85. The lowest BCUT2D eigenvalue weighted by molar-refractivity contribution is 0.140. The van der Waals surface area contributed by atoms with E-state index in [-0.39, 0.29) is 12.6 Å². The lowest BCUT2D eigenvalue weighted by Crippen LogP contribution is -2.31. The third-order valence-electron chi connectivity index (χ3n) is 4.04. The van der Waals surface area contributed by atoms with E-state index >= 15 is 0 Å². The summed E-state index contributed by atoms with van der Waals surface area (Å²) in [4.78, 5) is 0. The first-order chi connectivity index (χ1) is 10.6. The van der Waals surface area contributed by atoms with Crippen LogP contribution in [0, 0.1) is 6.92 Å². The predicted molar refractivity (Wildman–Crippen MR) is 91.3 cm³/mol. The first kappa shape index (κ1) is 15.1. The highest BCUT2D eigenvalue weighted by molar-refractivity contribution is 6.31. The molecule has 3 N–H and O–H groups in total. The van der Waals surface area contributed by atoms with Crippen LogP contribution in [0.2, 0.25) is 5.02 Å². The third-order valence-corrected chi connectivity index (χ3v) is 4.28. The van der Waals surface area contributed by atoms with Gasteiger partial charge in [0.1, 0.15) is 0 Å². The Hall–Kier alpha value is -1.81. The number of halogens is 1. The van der Waals surface area contributed by atoms with Gasteiger partial charge in [-0.25, -0.2) is 0 Å². The van der Waals surface area contributed by atoms with Crippen LogP contribution in [0.3, 0.4) is 0 Å². The van der Waals surface area contributed by atoms with E-state index in [9.17, 15) is 5.11 Å². The number of rotatable bonds is 4. The van der Waals surface area contributed by atoms with E-state index in [0.717, 1.165) is 22.0 Å². The second-order valence-electron chi connectivity index (χ2n) is 5.54. The van der Waals surface area contributed by atoms with E-state index in [1.807, 2.05) is 55.5 Å². The van der Waals surface area contributed by atoms with Crippen molar-refractivity contribution in [2.45, 2.75) is 19.1 Å². The molecule has 1 heterocycles. The van der Waals surface area contributed by atoms with Crippen molar-refractivity contribution in [3.05, 3.63) is 70.9 Å². The number of aromatic nitrogens is 1. The zero-order valence-electron chi connectivity index (χ0n) is 12.4. The minimum Gasteiger partial charge on any atom is -0.389 e. The van der Waals surface area contributed by atoms with Crippen LogP contribution in [0.25, 0.3) is 10.9 Å². The second kappa shape index (κ2) is 6.13. The van der Waals surface area contributed by atoms with Gasteiger partial charge in [0.15, 0.2) is 0 Å². The van der Waals surface area contributed by atoms with Gasteiger partial charge in [0.05, 0.1) is 12.1 Å². The summed E-state index contributed by atoms with van der Waals surface area (Å²) in [5, 5.41) is 12.3. The van der Waals surface area contributed by atoms with Crippen LogP contribution < -0.4 is 5.73 Å². The Labute approximate surface area is 134 Å². The van der Waals surface area contributed by atoms with Gasteiger partial charge >= 0.3 is 0 Å². The van der Waals surface area contributed by atoms with Crippen LogP contribution in [0.4, 0.5) is 0 Å². The van der Waals surface area contributed by atoms with Gasteiger partial charge in [-0.1, -0.05) is 41.9 Å². The average molecular weight is 315 g/mol. The van der Waals surface area contributed by atoms with E-state index in [4.69, 9.17) is 17.3 Å². The Kier molecular flexibility index (Phi) is 4.21. The summed E-state index contributed by atoms with van der Waals surface area (Å²) < 4.78 is 2.09. The van der Waals surface area contributed by atoms with E-state index in [1.165, 1.54) is 0 Å². The fraction of sp³-hybridized carbons (Fsp3) is 0.222. The Bertz CT molecular complexity index is 782. The van der Waals surface area contributed by atoms with Gasteiger partial charge in [0.2, 0.25) is 0 Å². The van der Waals surface area contributed by atoms with Gasteiger partial charge in [-0.2, -0.15) is 0 Å². The van der Waals surface area contributed by atoms with Gasteiger partial charge in [0.25, 0.3) is 0 Å². The number of aryl methyl sites for hydroxylation is 1. The molecule has 0 spiro atoms. The molecule has 0 saturated carbocycles. The quantitative estimate of drug-likeness (QED) is 0.774. The zero-order chi connectivity index (χ0) is 15.7.